The van der Waals surface area contributed by atoms with Crippen molar-refractivity contribution in [2.24, 2.45) is 11.8 Å². The van der Waals surface area contributed by atoms with Gasteiger partial charge in [0.15, 0.2) is 5.54 Å². The summed E-state index contributed by atoms with van der Waals surface area (Å²) in [5.74, 6) is 0.105. The van der Waals surface area contributed by atoms with Crippen LogP contribution < -0.4 is 5.32 Å². The van der Waals surface area contributed by atoms with E-state index in [1.165, 1.54) is 0 Å². The van der Waals surface area contributed by atoms with Crippen molar-refractivity contribution in [3.05, 3.63) is 35.4 Å². The summed E-state index contributed by atoms with van der Waals surface area (Å²) >= 11 is 3.11. The first-order valence-electron chi connectivity index (χ1n) is 9.83. The molecular weight excluding hydrogens is 432 g/mol. The highest BCUT2D eigenvalue weighted by atomic mass is 79.9. The van der Waals surface area contributed by atoms with Gasteiger partial charge >= 0.3 is 6.03 Å². The van der Waals surface area contributed by atoms with Gasteiger partial charge in [-0.25, -0.2) is 13.6 Å². The van der Waals surface area contributed by atoms with E-state index in [0.717, 1.165) is 47.2 Å². The maximum atomic E-state index is 13.2. The second kappa shape index (κ2) is 7.71. The lowest BCUT2D eigenvalue weighted by molar-refractivity contribution is -0.130. The molecule has 0 saturated carbocycles. The fraction of sp³-hybridized carbons (Fsp3) is 0.600. The monoisotopic (exact) mass is 455 g/mol. The Kier molecular flexibility index (Phi) is 5.44. The Hall–Kier alpha value is -1.54. The summed E-state index contributed by atoms with van der Waals surface area (Å²) in [5, 5.41) is 2.98. The van der Waals surface area contributed by atoms with Crippen molar-refractivity contribution < 1.29 is 18.4 Å². The van der Waals surface area contributed by atoms with Crippen molar-refractivity contribution in [1.82, 2.24) is 14.1 Å². The number of amides is 3. The number of aryl methyl sites for hydroxylation is 1. The lowest BCUT2D eigenvalue weighted by atomic mass is 9.65. The average Bonchev–Trinajstić information content (AvgIpc) is 2.90. The summed E-state index contributed by atoms with van der Waals surface area (Å²) in [7, 11) is 0. The van der Waals surface area contributed by atoms with Gasteiger partial charge in [-0.2, -0.15) is 3.93 Å². The normalized spacial score (nSPS) is 28.9. The Bertz CT molecular complexity index is 770. The van der Waals surface area contributed by atoms with Gasteiger partial charge in [-0.15, -0.1) is 0 Å². The van der Waals surface area contributed by atoms with Crippen LogP contribution in [0.2, 0.25) is 0 Å². The molecule has 3 amide bonds. The van der Waals surface area contributed by atoms with E-state index in [1.807, 2.05) is 29.2 Å². The molecule has 1 aromatic carbocycles. The quantitative estimate of drug-likeness (QED) is 0.556. The molecule has 1 aromatic rings. The third-order valence-corrected chi connectivity index (χ3v) is 7.18. The molecule has 0 radical (unpaired) electrons. The number of hydrogen-bond donors (Lipinski definition) is 1. The van der Waals surface area contributed by atoms with Gasteiger partial charge in [0.25, 0.3) is 12.3 Å². The Balaban J connectivity index is 1.56. The molecular formula is C20H24BrF2N3O2. The van der Waals surface area contributed by atoms with Crippen molar-refractivity contribution in [2.45, 2.75) is 44.1 Å². The number of piperidine rings is 1. The highest BCUT2D eigenvalue weighted by Crippen LogP contribution is 2.47. The molecule has 2 fully saturated rings. The fourth-order valence-corrected chi connectivity index (χ4v) is 5.53. The Morgan fingerprint density at radius 3 is 2.54 bits per heavy atom. The van der Waals surface area contributed by atoms with Gasteiger partial charge in [-0.05, 0) is 68.2 Å². The summed E-state index contributed by atoms with van der Waals surface area (Å²) in [5.41, 5.74) is 0.957. The lowest BCUT2D eigenvalue weighted by Crippen LogP contribution is -2.53. The maximum absolute atomic E-state index is 13.2. The molecule has 0 bridgehead atoms. The van der Waals surface area contributed by atoms with Gasteiger partial charge in [0.2, 0.25) is 0 Å². The number of fused-ring (bicyclic) bond motifs is 2. The molecule has 152 valence electrons. The highest BCUT2D eigenvalue weighted by Gasteiger charge is 2.58. The minimum Gasteiger partial charge on any atom is -0.318 e. The number of benzene rings is 1. The Morgan fingerprint density at radius 1 is 1.18 bits per heavy atom. The summed E-state index contributed by atoms with van der Waals surface area (Å²) in [6.45, 7) is 1.16. The predicted octanol–water partition coefficient (Wildman–Crippen LogP) is 3.67. The first-order valence-corrected chi connectivity index (χ1v) is 10.5. The average molecular weight is 456 g/mol. The van der Waals surface area contributed by atoms with E-state index in [1.54, 1.807) is 0 Å². The first kappa shape index (κ1) is 19.8. The predicted molar refractivity (Wildman–Crippen MR) is 104 cm³/mol. The van der Waals surface area contributed by atoms with E-state index >= 15 is 0 Å². The zero-order valence-corrected chi connectivity index (χ0v) is 17.1. The van der Waals surface area contributed by atoms with Gasteiger partial charge in [-0.1, -0.05) is 24.3 Å². The van der Waals surface area contributed by atoms with Crippen LogP contribution in [-0.2, 0) is 16.8 Å². The van der Waals surface area contributed by atoms with Crippen LogP contribution in [0, 0.1) is 11.8 Å². The van der Waals surface area contributed by atoms with E-state index < -0.39 is 18.0 Å². The number of urea groups is 1. The zero-order valence-electron chi connectivity index (χ0n) is 15.5. The number of alkyl halides is 2. The molecule has 28 heavy (non-hydrogen) atoms. The molecule has 8 heteroatoms. The molecule has 1 aliphatic carbocycles. The van der Waals surface area contributed by atoms with Crippen LogP contribution in [0.1, 0.15) is 36.8 Å². The zero-order chi connectivity index (χ0) is 19.9. The molecule has 0 aromatic heterocycles. The Morgan fingerprint density at radius 2 is 1.89 bits per heavy atom. The maximum Gasteiger partial charge on any atom is 0.335 e. The van der Waals surface area contributed by atoms with Crippen LogP contribution in [0.15, 0.2) is 24.3 Å². The number of carbonyl (C=O) groups excluding carboxylic acids is 2. The SMILES string of the molecule is O=C1NC2(C(=O)N1Br)c1ccccc1CCC2CC1CCN(CC(F)F)CC1. The first-order chi connectivity index (χ1) is 13.4. The summed E-state index contributed by atoms with van der Waals surface area (Å²) in [6.07, 6.45) is 1.90. The number of imide groups is 1. The summed E-state index contributed by atoms with van der Waals surface area (Å²) in [6, 6.07) is 7.39. The van der Waals surface area contributed by atoms with Gasteiger partial charge < -0.3 is 5.32 Å². The van der Waals surface area contributed by atoms with E-state index in [0.29, 0.717) is 19.0 Å². The second-order valence-electron chi connectivity index (χ2n) is 8.09. The largest absolute Gasteiger partial charge is 0.335 e. The summed E-state index contributed by atoms with van der Waals surface area (Å²) < 4.78 is 26.2. The third kappa shape index (κ3) is 3.34. The Labute approximate surface area is 171 Å². The lowest BCUT2D eigenvalue weighted by Gasteiger charge is -2.43. The van der Waals surface area contributed by atoms with Crippen LogP contribution in [0.5, 0.6) is 0 Å². The highest BCUT2D eigenvalue weighted by molar-refractivity contribution is 9.08. The number of rotatable bonds is 4. The van der Waals surface area contributed by atoms with E-state index in [2.05, 4.69) is 21.5 Å². The van der Waals surface area contributed by atoms with Crippen molar-refractivity contribution in [3.8, 4) is 0 Å². The topological polar surface area (TPSA) is 52.7 Å². The van der Waals surface area contributed by atoms with Crippen LogP contribution in [0.25, 0.3) is 0 Å². The van der Waals surface area contributed by atoms with E-state index in [4.69, 9.17) is 0 Å². The van der Waals surface area contributed by atoms with Crippen LogP contribution in [0.3, 0.4) is 0 Å². The number of halogens is 3. The van der Waals surface area contributed by atoms with Crippen molar-refractivity contribution >= 4 is 28.1 Å². The molecule has 2 atom stereocenters. The smallest absolute Gasteiger partial charge is 0.318 e. The molecule has 2 unspecified atom stereocenters. The molecule has 1 N–H and O–H groups in total. The van der Waals surface area contributed by atoms with E-state index in [9.17, 15) is 18.4 Å². The standard InChI is InChI=1S/C20H24BrF2N3O2/c21-26-18(27)20(24-19(26)28)15(6-5-14-3-1-2-4-16(14)20)11-13-7-9-25(10-8-13)12-17(22)23/h1-4,13,15,17H,5-12H2,(H,24,28). The van der Waals surface area contributed by atoms with Crippen LogP contribution >= 0.6 is 16.1 Å². The molecule has 5 nitrogen and oxygen atoms in total. The van der Waals surface area contributed by atoms with Crippen molar-refractivity contribution in [2.75, 3.05) is 19.6 Å². The van der Waals surface area contributed by atoms with Crippen LogP contribution in [-0.4, -0.2) is 46.8 Å². The van der Waals surface area contributed by atoms with Crippen molar-refractivity contribution in [3.63, 3.8) is 0 Å². The number of hydrogen-bond acceptors (Lipinski definition) is 3. The molecule has 2 aliphatic heterocycles. The molecule has 3 aliphatic rings. The molecule has 2 saturated heterocycles. The second-order valence-corrected chi connectivity index (χ2v) is 8.80. The van der Waals surface area contributed by atoms with Crippen molar-refractivity contribution in [1.29, 1.82) is 0 Å². The number of likely N-dealkylation sites (tertiary alicyclic amines) is 1. The third-order valence-electron chi connectivity index (χ3n) is 6.54. The fourth-order valence-electron chi connectivity index (χ4n) is 5.16. The number of carbonyl (C=O) groups is 2. The molecule has 4 rings (SSSR count). The van der Waals surface area contributed by atoms with Gasteiger partial charge in [0.1, 0.15) is 0 Å². The summed E-state index contributed by atoms with van der Waals surface area (Å²) in [4.78, 5) is 27.3. The van der Waals surface area contributed by atoms with Crippen LogP contribution in [0.4, 0.5) is 13.6 Å². The van der Waals surface area contributed by atoms with Gasteiger partial charge in [0.05, 0.1) is 22.7 Å². The molecule has 2 heterocycles. The van der Waals surface area contributed by atoms with Gasteiger partial charge in [-0.3, -0.25) is 9.69 Å². The number of nitrogens with one attached hydrogen (secondary N) is 1. The molecule has 1 spiro atoms. The minimum absolute atomic E-state index is 0.00644. The van der Waals surface area contributed by atoms with E-state index in [-0.39, 0.29) is 18.4 Å². The minimum atomic E-state index is -2.30. The number of nitrogens with zero attached hydrogens (tertiary/aromatic N) is 2. The van der Waals surface area contributed by atoms with Gasteiger partial charge in [0, 0.05) is 0 Å².